The number of fused-ring (bicyclic) bond motifs is 1. The van der Waals surface area contributed by atoms with Gasteiger partial charge in [-0.1, -0.05) is 42.5 Å². The summed E-state index contributed by atoms with van der Waals surface area (Å²) in [5.74, 6) is 0. The van der Waals surface area contributed by atoms with Crippen LogP contribution >= 0.6 is 38.5 Å². The number of halogens is 2. The predicted molar refractivity (Wildman–Crippen MR) is 85.7 cm³/mol. The summed E-state index contributed by atoms with van der Waals surface area (Å²) < 4.78 is 4.18. The number of nitrogens with zero attached hydrogens (tertiary/aromatic N) is 2. The summed E-state index contributed by atoms with van der Waals surface area (Å²) in [5, 5.41) is 5.81. The highest BCUT2D eigenvalue weighted by atomic mass is 127. The van der Waals surface area contributed by atoms with E-state index in [-0.39, 0.29) is 0 Å². The van der Waals surface area contributed by atoms with Crippen molar-refractivity contribution in [2.75, 3.05) is 0 Å². The van der Waals surface area contributed by atoms with Crippen LogP contribution in [0, 0.1) is 3.70 Å². The molecule has 0 atom stereocenters. The molecule has 18 heavy (non-hydrogen) atoms. The maximum absolute atomic E-state index is 4.62. The van der Waals surface area contributed by atoms with Gasteiger partial charge in [-0.05, 0) is 50.2 Å². The highest BCUT2D eigenvalue weighted by molar-refractivity contribution is 14.1. The summed E-state index contributed by atoms with van der Waals surface area (Å²) in [5.41, 5.74) is 2.42. The number of benzene rings is 2. The Kier molecular flexibility index (Phi) is 3.39. The molecule has 0 saturated carbocycles. The zero-order valence-corrected chi connectivity index (χ0v) is 13.2. The number of para-hydroxylation sites is 1. The van der Waals surface area contributed by atoms with E-state index in [0.717, 1.165) is 20.2 Å². The summed E-state index contributed by atoms with van der Waals surface area (Å²) in [4.78, 5) is 0. The molecule has 3 aromatic rings. The maximum Gasteiger partial charge on any atom is 0.131 e. The van der Waals surface area contributed by atoms with Crippen molar-refractivity contribution in [3.63, 3.8) is 0 Å². The quantitative estimate of drug-likeness (QED) is 0.568. The molecule has 0 fully saturated rings. The third-order valence-corrected chi connectivity index (χ3v) is 4.29. The van der Waals surface area contributed by atoms with Gasteiger partial charge in [0.15, 0.2) is 0 Å². The number of rotatable bonds is 2. The normalized spacial score (nSPS) is 11.0. The Bertz CT molecular complexity index is 692. The van der Waals surface area contributed by atoms with E-state index in [1.54, 1.807) is 0 Å². The molecule has 0 N–H and O–H groups in total. The molecule has 4 heteroatoms. The van der Waals surface area contributed by atoms with Crippen LogP contribution in [0.5, 0.6) is 0 Å². The Balaban J connectivity index is 2.13. The smallest absolute Gasteiger partial charge is 0.131 e. The van der Waals surface area contributed by atoms with Crippen molar-refractivity contribution < 1.29 is 0 Å². The van der Waals surface area contributed by atoms with Gasteiger partial charge in [0.2, 0.25) is 0 Å². The van der Waals surface area contributed by atoms with Crippen LogP contribution in [0.2, 0.25) is 0 Å². The molecule has 0 bridgehead atoms. The zero-order valence-electron chi connectivity index (χ0n) is 9.48. The summed E-state index contributed by atoms with van der Waals surface area (Å²) in [6, 6.07) is 16.6. The lowest BCUT2D eigenvalue weighted by Crippen LogP contribution is -2.01. The zero-order chi connectivity index (χ0) is 12.5. The van der Waals surface area contributed by atoms with Crippen LogP contribution in [0.25, 0.3) is 10.9 Å². The topological polar surface area (TPSA) is 17.8 Å². The van der Waals surface area contributed by atoms with Gasteiger partial charge in [-0.15, -0.1) is 0 Å². The van der Waals surface area contributed by atoms with Crippen molar-refractivity contribution in [3.8, 4) is 0 Å². The van der Waals surface area contributed by atoms with Crippen LogP contribution in [0.15, 0.2) is 53.0 Å². The third-order valence-electron chi connectivity index (χ3n) is 2.85. The maximum atomic E-state index is 4.62. The van der Waals surface area contributed by atoms with Gasteiger partial charge in [-0.25, -0.2) is 0 Å². The van der Waals surface area contributed by atoms with Crippen LogP contribution in [0.1, 0.15) is 5.56 Å². The Morgan fingerprint density at radius 1 is 1.06 bits per heavy atom. The average Bonchev–Trinajstić information content (AvgIpc) is 2.69. The van der Waals surface area contributed by atoms with Crippen LogP contribution in [-0.2, 0) is 6.54 Å². The lowest BCUT2D eigenvalue weighted by molar-refractivity contribution is 0.704. The van der Waals surface area contributed by atoms with Crippen molar-refractivity contribution in [2.24, 2.45) is 0 Å². The molecular weight excluding hydrogens is 403 g/mol. The molecule has 0 aliphatic rings. The molecule has 0 unspecified atom stereocenters. The molecule has 2 aromatic carbocycles. The first-order valence-corrected chi connectivity index (χ1v) is 7.47. The lowest BCUT2D eigenvalue weighted by atomic mass is 10.2. The Hall–Kier alpha value is -0.880. The first kappa shape index (κ1) is 12.2. The van der Waals surface area contributed by atoms with Gasteiger partial charge in [0.05, 0.1) is 12.1 Å². The molecule has 0 radical (unpaired) electrons. The van der Waals surface area contributed by atoms with Crippen LogP contribution in [-0.4, -0.2) is 9.78 Å². The molecule has 0 aliphatic carbocycles. The second-order valence-corrected chi connectivity index (χ2v) is 5.95. The average molecular weight is 413 g/mol. The molecule has 0 saturated heterocycles. The van der Waals surface area contributed by atoms with Crippen LogP contribution in [0.3, 0.4) is 0 Å². The Morgan fingerprint density at radius 3 is 2.61 bits per heavy atom. The van der Waals surface area contributed by atoms with Gasteiger partial charge in [-0.3, -0.25) is 4.68 Å². The standard InChI is InChI=1S/C14H10BrIN2/c15-12-8-4-7-11-13(12)18(17-14(11)16)9-10-5-2-1-3-6-10/h1-8H,9H2. The van der Waals surface area contributed by atoms with Crippen LogP contribution in [0.4, 0.5) is 0 Å². The van der Waals surface area contributed by atoms with Gasteiger partial charge in [0.1, 0.15) is 3.70 Å². The van der Waals surface area contributed by atoms with E-state index >= 15 is 0 Å². The second-order valence-electron chi connectivity index (χ2n) is 4.07. The number of hydrogen-bond acceptors (Lipinski definition) is 1. The highest BCUT2D eigenvalue weighted by Gasteiger charge is 2.10. The van der Waals surface area contributed by atoms with E-state index in [0.29, 0.717) is 0 Å². The second kappa shape index (κ2) is 5.01. The fourth-order valence-electron chi connectivity index (χ4n) is 2.02. The van der Waals surface area contributed by atoms with Crippen molar-refractivity contribution >= 4 is 49.4 Å². The summed E-state index contributed by atoms with van der Waals surface area (Å²) in [7, 11) is 0. The van der Waals surface area contributed by atoms with E-state index in [1.807, 2.05) is 12.1 Å². The molecule has 90 valence electrons. The molecule has 1 heterocycles. The van der Waals surface area contributed by atoms with Crippen LogP contribution < -0.4 is 0 Å². The third kappa shape index (κ3) is 2.19. The Labute approximate surface area is 127 Å². The fourth-order valence-corrected chi connectivity index (χ4v) is 3.29. The van der Waals surface area contributed by atoms with Gasteiger partial charge in [0, 0.05) is 9.86 Å². The first-order valence-electron chi connectivity index (χ1n) is 5.60. The molecule has 0 spiro atoms. The van der Waals surface area contributed by atoms with E-state index in [1.165, 1.54) is 10.9 Å². The first-order chi connectivity index (χ1) is 8.75. The molecule has 1 aromatic heterocycles. The fraction of sp³-hybridized carbons (Fsp3) is 0.0714. The van der Waals surface area contributed by atoms with E-state index in [4.69, 9.17) is 0 Å². The van der Waals surface area contributed by atoms with Gasteiger partial charge >= 0.3 is 0 Å². The minimum Gasteiger partial charge on any atom is -0.258 e. The molecule has 0 amide bonds. The summed E-state index contributed by atoms with van der Waals surface area (Å²) in [6.45, 7) is 0.795. The molecule has 2 nitrogen and oxygen atoms in total. The molecular formula is C14H10BrIN2. The summed E-state index contributed by atoms with van der Waals surface area (Å²) >= 11 is 5.90. The van der Waals surface area contributed by atoms with Gasteiger partial charge in [0.25, 0.3) is 0 Å². The monoisotopic (exact) mass is 412 g/mol. The van der Waals surface area contributed by atoms with Gasteiger partial charge in [-0.2, -0.15) is 5.10 Å². The Morgan fingerprint density at radius 2 is 1.83 bits per heavy atom. The highest BCUT2D eigenvalue weighted by Crippen LogP contribution is 2.27. The van der Waals surface area contributed by atoms with Crippen molar-refractivity contribution in [3.05, 3.63) is 62.3 Å². The minimum absolute atomic E-state index is 0.795. The largest absolute Gasteiger partial charge is 0.258 e. The number of hydrogen-bond donors (Lipinski definition) is 0. The predicted octanol–water partition coefficient (Wildman–Crippen LogP) is 4.45. The molecule has 3 rings (SSSR count). The van der Waals surface area contributed by atoms with E-state index < -0.39 is 0 Å². The van der Waals surface area contributed by atoms with E-state index in [2.05, 4.69) is 84.7 Å². The summed E-state index contributed by atoms with van der Waals surface area (Å²) in [6.07, 6.45) is 0. The molecule has 0 aliphatic heterocycles. The van der Waals surface area contributed by atoms with Gasteiger partial charge < -0.3 is 0 Å². The number of aromatic nitrogens is 2. The van der Waals surface area contributed by atoms with Crippen molar-refractivity contribution in [1.29, 1.82) is 0 Å². The van der Waals surface area contributed by atoms with E-state index in [9.17, 15) is 0 Å². The SMILES string of the molecule is Brc1cccc2c(I)nn(Cc3ccccc3)c12. The van der Waals surface area contributed by atoms with Crippen molar-refractivity contribution in [1.82, 2.24) is 9.78 Å². The van der Waals surface area contributed by atoms with Crippen molar-refractivity contribution in [2.45, 2.75) is 6.54 Å². The minimum atomic E-state index is 0.795. The lowest BCUT2D eigenvalue weighted by Gasteiger charge is -2.04.